The van der Waals surface area contributed by atoms with Gasteiger partial charge >= 0.3 is 6.03 Å². The minimum atomic E-state index is 0.148. The molecule has 4 nitrogen and oxygen atoms in total. The summed E-state index contributed by atoms with van der Waals surface area (Å²) in [4.78, 5) is 16.0. The van der Waals surface area contributed by atoms with E-state index in [0.29, 0.717) is 6.04 Å². The van der Waals surface area contributed by atoms with E-state index in [0.717, 1.165) is 24.1 Å². The van der Waals surface area contributed by atoms with Gasteiger partial charge in [0.25, 0.3) is 0 Å². The summed E-state index contributed by atoms with van der Waals surface area (Å²) in [7, 11) is 1.89. The Labute approximate surface area is 115 Å². The van der Waals surface area contributed by atoms with Gasteiger partial charge in [0.15, 0.2) is 0 Å². The van der Waals surface area contributed by atoms with Crippen LogP contribution in [0.4, 0.5) is 4.79 Å². The summed E-state index contributed by atoms with van der Waals surface area (Å²) >= 11 is 3.44. The molecule has 2 aliphatic rings. The molecular formula is C13H16BrN3O. The number of carbonyl (C=O) groups is 1. The lowest BCUT2D eigenvalue weighted by Gasteiger charge is -2.34. The van der Waals surface area contributed by atoms with Crippen LogP contribution in [0.2, 0.25) is 0 Å². The van der Waals surface area contributed by atoms with Crippen molar-refractivity contribution >= 4 is 22.0 Å². The van der Waals surface area contributed by atoms with E-state index in [1.807, 2.05) is 29.0 Å². The summed E-state index contributed by atoms with van der Waals surface area (Å²) in [5, 5.41) is 3.22. The molecule has 0 spiro atoms. The molecule has 0 aromatic heterocycles. The van der Waals surface area contributed by atoms with Gasteiger partial charge in [0.05, 0.1) is 12.1 Å². The van der Waals surface area contributed by atoms with Crippen LogP contribution in [0.1, 0.15) is 11.6 Å². The van der Waals surface area contributed by atoms with E-state index in [9.17, 15) is 4.79 Å². The number of benzene rings is 1. The molecule has 1 aromatic rings. The number of halogens is 1. The first-order chi connectivity index (χ1) is 8.66. The number of hydrogen-bond donors (Lipinski definition) is 1. The molecule has 0 saturated carbocycles. The number of nitrogens with zero attached hydrogens (tertiary/aromatic N) is 2. The number of nitrogens with one attached hydrogen (secondary N) is 1. The summed E-state index contributed by atoms with van der Waals surface area (Å²) in [6.07, 6.45) is 0. The van der Waals surface area contributed by atoms with Gasteiger partial charge in [-0.25, -0.2) is 4.79 Å². The highest BCUT2D eigenvalue weighted by molar-refractivity contribution is 9.10. The lowest BCUT2D eigenvalue weighted by atomic mass is 10.1. The third kappa shape index (κ3) is 1.91. The lowest BCUT2D eigenvalue weighted by molar-refractivity contribution is 0.162. The van der Waals surface area contributed by atoms with Crippen LogP contribution in [0.15, 0.2) is 28.7 Å². The molecule has 2 saturated heterocycles. The number of hydrogen-bond acceptors (Lipinski definition) is 2. The highest BCUT2D eigenvalue weighted by atomic mass is 79.9. The van der Waals surface area contributed by atoms with Gasteiger partial charge < -0.3 is 15.1 Å². The van der Waals surface area contributed by atoms with Gasteiger partial charge in [0.1, 0.15) is 0 Å². The lowest BCUT2D eigenvalue weighted by Crippen LogP contribution is -2.57. The van der Waals surface area contributed by atoms with E-state index >= 15 is 0 Å². The van der Waals surface area contributed by atoms with Crippen molar-refractivity contribution in [2.24, 2.45) is 0 Å². The topological polar surface area (TPSA) is 35.6 Å². The Bertz CT molecular complexity index is 458. The fraction of sp³-hybridized carbons (Fsp3) is 0.462. The van der Waals surface area contributed by atoms with Crippen LogP contribution in [0.3, 0.4) is 0 Å². The van der Waals surface area contributed by atoms with Crippen LogP contribution in [0.5, 0.6) is 0 Å². The average molecular weight is 310 g/mol. The molecule has 2 aliphatic heterocycles. The van der Waals surface area contributed by atoms with E-state index in [1.54, 1.807) is 0 Å². The minimum Gasteiger partial charge on any atom is -0.319 e. The SMILES string of the molecule is CN1C(=O)N(C2CNC2)CC1c1ccc(Br)cc1. The van der Waals surface area contributed by atoms with Gasteiger partial charge in [-0.2, -0.15) is 0 Å². The number of rotatable bonds is 2. The number of likely N-dealkylation sites (N-methyl/N-ethyl adjacent to an activating group) is 1. The maximum Gasteiger partial charge on any atom is 0.320 e. The predicted octanol–water partition coefficient (Wildman–Crippen LogP) is 1.83. The normalized spacial score (nSPS) is 24.6. The van der Waals surface area contributed by atoms with E-state index in [-0.39, 0.29) is 12.1 Å². The number of amides is 2. The van der Waals surface area contributed by atoms with Crippen molar-refractivity contribution in [3.63, 3.8) is 0 Å². The second kappa shape index (κ2) is 4.55. The number of urea groups is 1. The maximum atomic E-state index is 12.2. The maximum absolute atomic E-state index is 12.2. The molecule has 0 bridgehead atoms. The van der Waals surface area contributed by atoms with E-state index in [1.165, 1.54) is 5.56 Å². The molecule has 1 unspecified atom stereocenters. The van der Waals surface area contributed by atoms with E-state index in [2.05, 4.69) is 33.4 Å². The largest absolute Gasteiger partial charge is 0.320 e. The van der Waals surface area contributed by atoms with Gasteiger partial charge in [-0.05, 0) is 17.7 Å². The highest BCUT2D eigenvalue weighted by Crippen LogP contribution is 2.30. The first-order valence-electron chi connectivity index (χ1n) is 6.16. The molecule has 0 aliphatic carbocycles. The van der Waals surface area contributed by atoms with Crippen LogP contribution in [-0.2, 0) is 0 Å². The Morgan fingerprint density at radius 3 is 2.50 bits per heavy atom. The van der Waals surface area contributed by atoms with Crippen LogP contribution in [0, 0.1) is 0 Å². The quantitative estimate of drug-likeness (QED) is 0.904. The zero-order chi connectivity index (χ0) is 12.7. The second-order valence-electron chi connectivity index (χ2n) is 4.93. The van der Waals surface area contributed by atoms with E-state index < -0.39 is 0 Å². The van der Waals surface area contributed by atoms with Crippen molar-refractivity contribution in [2.45, 2.75) is 12.1 Å². The van der Waals surface area contributed by atoms with Crippen molar-refractivity contribution in [1.82, 2.24) is 15.1 Å². The second-order valence-corrected chi connectivity index (χ2v) is 5.84. The van der Waals surface area contributed by atoms with Crippen molar-refractivity contribution < 1.29 is 4.79 Å². The van der Waals surface area contributed by atoms with Crippen LogP contribution < -0.4 is 5.32 Å². The monoisotopic (exact) mass is 309 g/mol. The molecule has 2 heterocycles. The molecule has 18 heavy (non-hydrogen) atoms. The summed E-state index contributed by atoms with van der Waals surface area (Å²) in [5.74, 6) is 0. The van der Waals surface area contributed by atoms with Crippen molar-refractivity contribution in [2.75, 3.05) is 26.7 Å². The van der Waals surface area contributed by atoms with Crippen LogP contribution in [0.25, 0.3) is 0 Å². The average Bonchev–Trinajstić information content (AvgIpc) is 2.57. The molecule has 1 aromatic carbocycles. The molecule has 2 fully saturated rings. The predicted molar refractivity (Wildman–Crippen MR) is 73.4 cm³/mol. The Morgan fingerprint density at radius 2 is 1.94 bits per heavy atom. The van der Waals surface area contributed by atoms with Crippen molar-refractivity contribution in [3.8, 4) is 0 Å². The molecule has 1 atom stereocenters. The third-order valence-electron chi connectivity index (χ3n) is 3.84. The third-order valence-corrected chi connectivity index (χ3v) is 4.37. The van der Waals surface area contributed by atoms with Crippen molar-refractivity contribution in [1.29, 1.82) is 0 Å². The van der Waals surface area contributed by atoms with Crippen LogP contribution >= 0.6 is 15.9 Å². The Morgan fingerprint density at radius 1 is 1.28 bits per heavy atom. The fourth-order valence-electron chi connectivity index (χ4n) is 2.54. The highest BCUT2D eigenvalue weighted by Gasteiger charge is 2.40. The Balaban J connectivity index is 1.81. The first-order valence-corrected chi connectivity index (χ1v) is 6.96. The molecule has 1 N–H and O–H groups in total. The first kappa shape index (κ1) is 12.0. The van der Waals surface area contributed by atoms with Crippen LogP contribution in [-0.4, -0.2) is 48.6 Å². The van der Waals surface area contributed by atoms with Gasteiger partial charge in [-0.15, -0.1) is 0 Å². The molecular weight excluding hydrogens is 294 g/mol. The van der Waals surface area contributed by atoms with E-state index in [4.69, 9.17) is 0 Å². The number of carbonyl (C=O) groups excluding carboxylic acids is 1. The molecule has 0 radical (unpaired) electrons. The smallest absolute Gasteiger partial charge is 0.319 e. The molecule has 96 valence electrons. The summed E-state index contributed by atoms with van der Waals surface area (Å²) in [5.41, 5.74) is 1.20. The summed E-state index contributed by atoms with van der Waals surface area (Å²) in [6, 6.07) is 8.92. The minimum absolute atomic E-state index is 0.148. The Hall–Kier alpha value is -1.07. The van der Waals surface area contributed by atoms with Gasteiger partial charge in [0, 0.05) is 31.2 Å². The summed E-state index contributed by atoms with van der Waals surface area (Å²) < 4.78 is 1.07. The van der Waals surface area contributed by atoms with Crippen molar-refractivity contribution in [3.05, 3.63) is 34.3 Å². The standard InChI is InChI=1S/C13H16BrN3O/c1-16-12(9-2-4-10(14)5-3-9)8-17(13(16)18)11-6-15-7-11/h2-5,11-12,15H,6-8H2,1H3. The summed E-state index contributed by atoms with van der Waals surface area (Å²) in [6.45, 7) is 2.64. The molecule has 3 rings (SSSR count). The molecule has 2 amide bonds. The fourth-order valence-corrected chi connectivity index (χ4v) is 2.80. The van der Waals surface area contributed by atoms with Gasteiger partial charge in [-0.1, -0.05) is 28.1 Å². The zero-order valence-electron chi connectivity index (χ0n) is 10.3. The van der Waals surface area contributed by atoms with Gasteiger partial charge in [-0.3, -0.25) is 0 Å². The van der Waals surface area contributed by atoms with Gasteiger partial charge in [0.2, 0.25) is 0 Å². The zero-order valence-corrected chi connectivity index (χ0v) is 11.9. The Kier molecular flexibility index (Phi) is 3.03. The molecule has 5 heteroatoms.